The fourth-order valence-corrected chi connectivity index (χ4v) is 3.57. The molecule has 112 valence electrons. The predicted octanol–water partition coefficient (Wildman–Crippen LogP) is 3.71. The Morgan fingerprint density at radius 1 is 1.48 bits per heavy atom. The minimum Gasteiger partial charge on any atom is -0.481 e. The van der Waals surface area contributed by atoms with Gasteiger partial charge in [-0.05, 0) is 30.9 Å². The van der Waals surface area contributed by atoms with E-state index in [1.54, 1.807) is 0 Å². The average molecular weight is 304 g/mol. The van der Waals surface area contributed by atoms with E-state index in [4.69, 9.17) is 5.11 Å². The number of imidazole rings is 1. The van der Waals surface area contributed by atoms with Crippen molar-refractivity contribution in [3.8, 4) is 0 Å². The molecule has 0 aliphatic heterocycles. The third-order valence-electron chi connectivity index (χ3n) is 4.26. The van der Waals surface area contributed by atoms with Crippen LogP contribution < -0.4 is 0 Å². The fourth-order valence-electron chi connectivity index (χ4n) is 2.81. The molecule has 1 aromatic carbocycles. The number of hydrogen-bond donors (Lipinski definition) is 1. The molecule has 1 heterocycles. The second-order valence-electron chi connectivity index (χ2n) is 5.76. The highest BCUT2D eigenvalue weighted by Gasteiger charge is 2.19. The zero-order chi connectivity index (χ0) is 14.8. The number of rotatable bonds is 6. The van der Waals surface area contributed by atoms with Gasteiger partial charge in [-0.3, -0.25) is 4.79 Å². The van der Waals surface area contributed by atoms with E-state index in [1.165, 1.54) is 37.4 Å². The molecule has 0 amide bonds. The number of aromatic nitrogens is 2. The van der Waals surface area contributed by atoms with E-state index in [2.05, 4.69) is 28.6 Å². The molecule has 1 saturated carbocycles. The molecule has 0 spiro atoms. The first kappa shape index (κ1) is 14.4. The van der Waals surface area contributed by atoms with E-state index in [-0.39, 0.29) is 5.75 Å². The van der Waals surface area contributed by atoms with Gasteiger partial charge in [0.25, 0.3) is 0 Å². The molecule has 0 atom stereocenters. The highest BCUT2D eigenvalue weighted by atomic mass is 32.2. The largest absolute Gasteiger partial charge is 0.481 e. The van der Waals surface area contributed by atoms with Gasteiger partial charge < -0.3 is 9.67 Å². The maximum Gasteiger partial charge on any atom is 0.313 e. The normalized spacial score (nSPS) is 15.3. The van der Waals surface area contributed by atoms with Gasteiger partial charge in [0.15, 0.2) is 5.16 Å². The standard InChI is InChI=1S/C16H20N2O2S/c1-11-4-2-7-13-15(11)17-16(21-10-14(19)20)18(13)9-8-12-5-3-6-12/h2,4,7,12H,3,5-6,8-10H2,1H3,(H,19,20). The van der Waals surface area contributed by atoms with Gasteiger partial charge in [-0.1, -0.05) is 43.2 Å². The number of carbonyl (C=O) groups is 1. The van der Waals surface area contributed by atoms with Crippen LogP contribution in [0.2, 0.25) is 0 Å². The number of aliphatic carboxylic acids is 1. The van der Waals surface area contributed by atoms with Gasteiger partial charge >= 0.3 is 5.97 Å². The van der Waals surface area contributed by atoms with Gasteiger partial charge in [0, 0.05) is 6.54 Å². The van der Waals surface area contributed by atoms with Crippen molar-refractivity contribution in [2.24, 2.45) is 5.92 Å². The van der Waals surface area contributed by atoms with Gasteiger partial charge in [0.2, 0.25) is 0 Å². The molecule has 0 saturated heterocycles. The lowest BCUT2D eigenvalue weighted by molar-refractivity contribution is -0.133. The van der Waals surface area contributed by atoms with Crippen molar-refractivity contribution in [2.45, 2.75) is 44.3 Å². The summed E-state index contributed by atoms with van der Waals surface area (Å²) in [5, 5.41) is 9.74. The number of benzene rings is 1. The number of carboxylic acid groups (broad SMARTS) is 1. The van der Waals surface area contributed by atoms with Crippen molar-refractivity contribution in [3.05, 3.63) is 23.8 Å². The average Bonchev–Trinajstić information content (AvgIpc) is 2.74. The van der Waals surface area contributed by atoms with E-state index in [0.29, 0.717) is 0 Å². The van der Waals surface area contributed by atoms with Crippen LogP contribution in [0.5, 0.6) is 0 Å². The summed E-state index contributed by atoms with van der Waals surface area (Å²) in [6.07, 6.45) is 5.20. The van der Waals surface area contributed by atoms with Gasteiger partial charge in [-0.2, -0.15) is 0 Å². The van der Waals surface area contributed by atoms with Crippen molar-refractivity contribution >= 4 is 28.8 Å². The quantitative estimate of drug-likeness (QED) is 0.827. The minimum atomic E-state index is -0.797. The SMILES string of the molecule is Cc1cccc2c1nc(SCC(=O)O)n2CCC1CCC1. The van der Waals surface area contributed by atoms with Gasteiger partial charge in [0.1, 0.15) is 0 Å². The number of nitrogens with zero attached hydrogens (tertiary/aromatic N) is 2. The first-order valence-electron chi connectivity index (χ1n) is 7.45. The molecule has 0 radical (unpaired) electrons. The lowest BCUT2D eigenvalue weighted by Gasteiger charge is -2.25. The van der Waals surface area contributed by atoms with Gasteiger partial charge in [0.05, 0.1) is 16.8 Å². The first-order valence-corrected chi connectivity index (χ1v) is 8.44. The van der Waals surface area contributed by atoms with E-state index in [9.17, 15) is 4.79 Å². The maximum absolute atomic E-state index is 10.8. The van der Waals surface area contributed by atoms with Crippen LogP contribution in [0.4, 0.5) is 0 Å². The molecular formula is C16H20N2O2S. The van der Waals surface area contributed by atoms with Crippen LogP contribution in [0.1, 0.15) is 31.2 Å². The Labute approximate surface area is 128 Å². The van der Waals surface area contributed by atoms with Crippen LogP contribution in [0.3, 0.4) is 0 Å². The molecule has 0 bridgehead atoms. The Balaban J connectivity index is 1.89. The Kier molecular flexibility index (Phi) is 4.19. The lowest BCUT2D eigenvalue weighted by Crippen LogP contribution is -2.14. The Morgan fingerprint density at radius 2 is 2.29 bits per heavy atom. The molecule has 0 unspecified atom stereocenters. The molecule has 1 aromatic heterocycles. The first-order chi connectivity index (χ1) is 10.1. The third-order valence-corrected chi connectivity index (χ3v) is 5.22. The van der Waals surface area contributed by atoms with Crippen LogP contribution in [-0.4, -0.2) is 26.4 Å². The van der Waals surface area contributed by atoms with Gasteiger partial charge in [-0.15, -0.1) is 0 Å². The summed E-state index contributed by atoms with van der Waals surface area (Å²) >= 11 is 1.32. The smallest absolute Gasteiger partial charge is 0.313 e. The summed E-state index contributed by atoms with van der Waals surface area (Å²) < 4.78 is 2.20. The molecule has 4 nitrogen and oxygen atoms in total. The molecule has 1 aliphatic rings. The van der Waals surface area contributed by atoms with Crippen LogP contribution in [0, 0.1) is 12.8 Å². The van der Waals surface area contributed by atoms with Crippen molar-refractivity contribution in [2.75, 3.05) is 5.75 Å². The molecule has 5 heteroatoms. The van der Waals surface area contributed by atoms with Gasteiger partial charge in [-0.25, -0.2) is 4.98 Å². The summed E-state index contributed by atoms with van der Waals surface area (Å²) in [4.78, 5) is 15.5. The fraction of sp³-hybridized carbons (Fsp3) is 0.500. The molecular weight excluding hydrogens is 284 g/mol. The summed E-state index contributed by atoms with van der Waals surface area (Å²) in [7, 11) is 0. The highest BCUT2D eigenvalue weighted by molar-refractivity contribution is 7.99. The van der Waals surface area contributed by atoms with Crippen molar-refractivity contribution in [1.82, 2.24) is 9.55 Å². The zero-order valence-corrected chi connectivity index (χ0v) is 13.0. The van der Waals surface area contributed by atoms with E-state index in [0.717, 1.165) is 34.2 Å². The van der Waals surface area contributed by atoms with Crippen molar-refractivity contribution in [1.29, 1.82) is 0 Å². The summed E-state index contributed by atoms with van der Waals surface area (Å²) in [6, 6.07) is 6.18. The second kappa shape index (κ2) is 6.10. The number of aryl methyl sites for hydroxylation is 2. The third kappa shape index (κ3) is 3.07. The minimum absolute atomic E-state index is 0.0613. The number of fused-ring (bicyclic) bond motifs is 1. The molecule has 21 heavy (non-hydrogen) atoms. The van der Waals surface area contributed by atoms with Crippen molar-refractivity contribution < 1.29 is 9.90 Å². The summed E-state index contributed by atoms with van der Waals surface area (Å²) in [5.74, 6) is 0.102. The number of carboxylic acids is 1. The van der Waals surface area contributed by atoms with Crippen LogP contribution in [-0.2, 0) is 11.3 Å². The topological polar surface area (TPSA) is 55.1 Å². The molecule has 3 rings (SSSR count). The van der Waals surface area contributed by atoms with Crippen LogP contribution in [0.25, 0.3) is 11.0 Å². The van der Waals surface area contributed by atoms with E-state index in [1.807, 2.05) is 6.07 Å². The molecule has 1 fully saturated rings. The Bertz CT molecular complexity index is 662. The number of hydrogen-bond acceptors (Lipinski definition) is 3. The number of thioether (sulfide) groups is 1. The Hall–Kier alpha value is -1.49. The maximum atomic E-state index is 10.8. The zero-order valence-electron chi connectivity index (χ0n) is 12.2. The summed E-state index contributed by atoms with van der Waals surface area (Å²) in [5.41, 5.74) is 3.27. The molecule has 2 aromatic rings. The van der Waals surface area contributed by atoms with Crippen LogP contribution in [0.15, 0.2) is 23.4 Å². The summed E-state index contributed by atoms with van der Waals surface area (Å²) in [6.45, 7) is 2.99. The highest BCUT2D eigenvalue weighted by Crippen LogP contribution is 2.32. The predicted molar refractivity (Wildman–Crippen MR) is 84.8 cm³/mol. The van der Waals surface area contributed by atoms with E-state index < -0.39 is 5.97 Å². The van der Waals surface area contributed by atoms with Crippen LogP contribution >= 0.6 is 11.8 Å². The lowest BCUT2D eigenvalue weighted by atomic mass is 9.83. The monoisotopic (exact) mass is 304 g/mol. The number of para-hydroxylation sites is 1. The van der Waals surface area contributed by atoms with E-state index >= 15 is 0 Å². The molecule has 1 N–H and O–H groups in total. The van der Waals surface area contributed by atoms with Crippen molar-refractivity contribution in [3.63, 3.8) is 0 Å². The Morgan fingerprint density at radius 3 is 2.95 bits per heavy atom. The molecule has 1 aliphatic carbocycles. The second-order valence-corrected chi connectivity index (χ2v) is 6.70.